The summed E-state index contributed by atoms with van der Waals surface area (Å²) in [6, 6.07) is 1.81. The van der Waals surface area contributed by atoms with E-state index in [1.54, 1.807) is 16.9 Å². The van der Waals surface area contributed by atoms with E-state index in [0.717, 1.165) is 55.2 Å². The van der Waals surface area contributed by atoms with Gasteiger partial charge in [-0.25, -0.2) is 15.0 Å². The van der Waals surface area contributed by atoms with Crippen molar-refractivity contribution in [2.75, 3.05) is 24.2 Å². The molecule has 0 aromatic carbocycles. The van der Waals surface area contributed by atoms with E-state index < -0.39 is 0 Å². The molecule has 0 bridgehead atoms. The van der Waals surface area contributed by atoms with Crippen molar-refractivity contribution in [2.24, 2.45) is 0 Å². The summed E-state index contributed by atoms with van der Waals surface area (Å²) in [6.07, 6.45) is 9.63. The first-order chi connectivity index (χ1) is 11.8. The van der Waals surface area contributed by atoms with Gasteiger partial charge in [-0.3, -0.25) is 0 Å². The van der Waals surface area contributed by atoms with E-state index in [-0.39, 0.29) is 0 Å². The van der Waals surface area contributed by atoms with Gasteiger partial charge in [0.05, 0.1) is 6.20 Å². The number of hydrogen-bond donors (Lipinski definition) is 2. The first-order valence-corrected chi connectivity index (χ1v) is 8.18. The third kappa shape index (κ3) is 3.76. The highest BCUT2D eigenvalue weighted by atomic mass is 15.3. The minimum atomic E-state index is 0.687. The van der Waals surface area contributed by atoms with Crippen molar-refractivity contribution >= 4 is 17.5 Å². The molecule has 8 heteroatoms. The predicted molar refractivity (Wildman–Crippen MR) is 93.1 cm³/mol. The number of unbranched alkanes of at least 4 members (excludes halogenated alkanes) is 2. The Morgan fingerprint density at radius 1 is 1.08 bits per heavy atom. The van der Waals surface area contributed by atoms with Crippen molar-refractivity contribution in [3.8, 4) is 0 Å². The van der Waals surface area contributed by atoms with Crippen LogP contribution >= 0.6 is 0 Å². The van der Waals surface area contributed by atoms with Gasteiger partial charge in [0, 0.05) is 31.5 Å². The van der Waals surface area contributed by atoms with Gasteiger partial charge in [-0.05, 0) is 32.3 Å². The van der Waals surface area contributed by atoms with Crippen LogP contribution in [0, 0.1) is 6.92 Å². The molecule has 3 rings (SSSR count). The Balaban J connectivity index is 1.49. The molecule has 0 aliphatic heterocycles. The summed E-state index contributed by atoms with van der Waals surface area (Å²) >= 11 is 0. The predicted octanol–water partition coefficient (Wildman–Crippen LogP) is 2.09. The fourth-order valence-electron chi connectivity index (χ4n) is 2.57. The zero-order chi connectivity index (χ0) is 16.8. The third-order valence-electron chi connectivity index (χ3n) is 3.75. The van der Waals surface area contributed by atoms with Crippen LogP contribution in [0.15, 0.2) is 24.7 Å². The number of aromatic nitrogens is 6. The zero-order valence-corrected chi connectivity index (χ0v) is 14.0. The van der Waals surface area contributed by atoms with Crippen molar-refractivity contribution in [3.05, 3.63) is 36.0 Å². The molecule has 2 N–H and O–H groups in total. The SMILES string of the molecule is CNc1nc(C)nc2c(CCCCCNc3ncccn3)cnn12. The Labute approximate surface area is 140 Å². The smallest absolute Gasteiger partial charge is 0.227 e. The van der Waals surface area contributed by atoms with Crippen LogP contribution in [0.4, 0.5) is 11.9 Å². The van der Waals surface area contributed by atoms with Crippen LogP contribution in [-0.4, -0.2) is 43.1 Å². The van der Waals surface area contributed by atoms with Gasteiger partial charge in [0.25, 0.3) is 0 Å². The second kappa shape index (κ2) is 7.67. The highest BCUT2D eigenvalue weighted by Gasteiger charge is 2.10. The highest BCUT2D eigenvalue weighted by Crippen LogP contribution is 2.15. The van der Waals surface area contributed by atoms with Crippen molar-refractivity contribution in [2.45, 2.75) is 32.6 Å². The molecule has 8 nitrogen and oxygen atoms in total. The molecule has 0 radical (unpaired) electrons. The molecule has 0 unspecified atom stereocenters. The van der Waals surface area contributed by atoms with E-state index >= 15 is 0 Å². The van der Waals surface area contributed by atoms with Crippen molar-refractivity contribution < 1.29 is 0 Å². The molecular formula is C16H22N8. The molecule has 3 aromatic rings. The fourth-order valence-corrected chi connectivity index (χ4v) is 2.57. The molecule has 0 fully saturated rings. The monoisotopic (exact) mass is 326 g/mol. The summed E-state index contributed by atoms with van der Waals surface area (Å²) in [4.78, 5) is 17.1. The average Bonchev–Trinajstić information content (AvgIpc) is 3.01. The molecule has 0 amide bonds. The molecule has 0 spiro atoms. The van der Waals surface area contributed by atoms with Crippen molar-refractivity contribution in [1.82, 2.24) is 29.5 Å². The van der Waals surface area contributed by atoms with Gasteiger partial charge in [-0.15, -0.1) is 0 Å². The lowest BCUT2D eigenvalue weighted by Gasteiger charge is -2.05. The van der Waals surface area contributed by atoms with Gasteiger partial charge in [0.2, 0.25) is 11.9 Å². The second-order valence-corrected chi connectivity index (χ2v) is 5.56. The van der Waals surface area contributed by atoms with Crippen molar-refractivity contribution in [3.63, 3.8) is 0 Å². The van der Waals surface area contributed by atoms with Crippen LogP contribution in [0.3, 0.4) is 0 Å². The first kappa shape index (κ1) is 16.1. The van der Waals surface area contributed by atoms with Gasteiger partial charge < -0.3 is 10.6 Å². The number of hydrogen-bond acceptors (Lipinski definition) is 7. The number of fused-ring (bicyclic) bond motifs is 1. The Kier molecular flexibility index (Phi) is 5.15. The Morgan fingerprint density at radius 2 is 1.92 bits per heavy atom. The molecule has 0 aliphatic rings. The number of nitrogens with zero attached hydrogens (tertiary/aromatic N) is 6. The Hall–Kier alpha value is -2.77. The summed E-state index contributed by atoms with van der Waals surface area (Å²) < 4.78 is 1.76. The molecule has 126 valence electrons. The topological polar surface area (TPSA) is 92.9 Å². The standard InChI is InChI=1S/C16H22N8/c1-12-22-14-13(11-21-24(14)16(17-2)23-12)7-4-3-5-8-18-15-19-9-6-10-20-15/h6,9-11H,3-5,7-8H2,1-2H3,(H,17,22,23)(H,18,19,20). The average molecular weight is 326 g/mol. The fraction of sp³-hybridized carbons (Fsp3) is 0.438. The van der Waals surface area contributed by atoms with Gasteiger partial charge in [-0.1, -0.05) is 6.42 Å². The normalized spacial score (nSPS) is 10.9. The lowest BCUT2D eigenvalue weighted by atomic mass is 10.1. The van der Waals surface area contributed by atoms with Crippen molar-refractivity contribution in [1.29, 1.82) is 0 Å². The number of nitrogens with one attached hydrogen (secondary N) is 2. The summed E-state index contributed by atoms with van der Waals surface area (Å²) in [5.41, 5.74) is 2.05. The van der Waals surface area contributed by atoms with Crippen LogP contribution in [0.25, 0.3) is 5.65 Å². The molecule has 0 saturated carbocycles. The second-order valence-electron chi connectivity index (χ2n) is 5.56. The van der Waals surface area contributed by atoms with Gasteiger partial charge in [0.15, 0.2) is 5.65 Å². The first-order valence-electron chi connectivity index (χ1n) is 8.18. The molecule has 0 atom stereocenters. The van der Waals surface area contributed by atoms with E-state index in [1.165, 1.54) is 0 Å². The lowest BCUT2D eigenvalue weighted by molar-refractivity contribution is 0.697. The largest absolute Gasteiger partial charge is 0.357 e. The summed E-state index contributed by atoms with van der Waals surface area (Å²) in [5.74, 6) is 2.16. The van der Waals surface area contributed by atoms with Crippen LogP contribution in [0.1, 0.15) is 30.7 Å². The number of rotatable bonds is 8. The van der Waals surface area contributed by atoms with Gasteiger partial charge in [-0.2, -0.15) is 14.6 Å². The Morgan fingerprint density at radius 3 is 2.71 bits per heavy atom. The molecule has 24 heavy (non-hydrogen) atoms. The minimum absolute atomic E-state index is 0.687. The highest BCUT2D eigenvalue weighted by molar-refractivity contribution is 5.50. The van der Waals surface area contributed by atoms with Crippen LogP contribution in [0.2, 0.25) is 0 Å². The zero-order valence-electron chi connectivity index (χ0n) is 14.0. The maximum Gasteiger partial charge on any atom is 0.227 e. The minimum Gasteiger partial charge on any atom is -0.357 e. The van der Waals surface area contributed by atoms with E-state index in [9.17, 15) is 0 Å². The maximum atomic E-state index is 4.52. The molecular weight excluding hydrogens is 304 g/mol. The Bertz CT molecular complexity index is 783. The summed E-state index contributed by atoms with van der Waals surface area (Å²) in [5, 5.41) is 10.7. The lowest BCUT2D eigenvalue weighted by Crippen LogP contribution is -2.06. The van der Waals surface area contributed by atoms with Gasteiger partial charge in [0.1, 0.15) is 5.82 Å². The van der Waals surface area contributed by atoms with Crippen LogP contribution < -0.4 is 10.6 Å². The summed E-state index contributed by atoms with van der Waals surface area (Å²) in [6.45, 7) is 2.78. The number of aryl methyl sites for hydroxylation is 2. The van der Waals surface area contributed by atoms with Crippen LogP contribution in [0.5, 0.6) is 0 Å². The van der Waals surface area contributed by atoms with E-state index in [0.29, 0.717) is 5.95 Å². The summed E-state index contributed by atoms with van der Waals surface area (Å²) in [7, 11) is 1.84. The van der Waals surface area contributed by atoms with E-state index in [4.69, 9.17) is 0 Å². The van der Waals surface area contributed by atoms with E-state index in [2.05, 4.69) is 35.7 Å². The van der Waals surface area contributed by atoms with E-state index in [1.807, 2.05) is 26.2 Å². The van der Waals surface area contributed by atoms with Crippen LogP contribution in [-0.2, 0) is 6.42 Å². The molecule has 3 heterocycles. The molecule has 3 aromatic heterocycles. The quantitative estimate of drug-likeness (QED) is 0.612. The molecule has 0 saturated heterocycles. The molecule has 0 aliphatic carbocycles. The number of anilines is 2. The third-order valence-corrected chi connectivity index (χ3v) is 3.75. The van der Waals surface area contributed by atoms with Gasteiger partial charge >= 0.3 is 0 Å². The maximum absolute atomic E-state index is 4.52.